The molecule has 1 aliphatic rings. The number of amides is 2. The Morgan fingerprint density at radius 3 is 2.58 bits per heavy atom. The van der Waals surface area contributed by atoms with Gasteiger partial charge in [0.15, 0.2) is 0 Å². The Hall–Kier alpha value is -1.54. The summed E-state index contributed by atoms with van der Waals surface area (Å²) in [5.41, 5.74) is -0.530. The zero-order chi connectivity index (χ0) is 14.0. The van der Waals surface area contributed by atoms with Gasteiger partial charge in [0.05, 0.1) is 5.75 Å². The van der Waals surface area contributed by atoms with E-state index in [2.05, 4.69) is 5.32 Å². The van der Waals surface area contributed by atoms with E-state index in [-0.39, 0.29) is 22.5 Å². The number of nitrogens with zero attached hydrogens (tertiary/aromatic N) is 1. The predicted molar refractivity (Wildman–Crippen MR) is 71.8 cm³/mol. The molecule has 1 heterocycles. The van der Waals surface area contributed by atoms with Crippen molar-refractivity contribution in [3.63, 3.8) is 0 Å². The third kappa shape index (κ3) is 3.07. The lowest BCUT2D eigenvalue weighted by molar-refractivity contribution is -0.128. The lowest BCUT2D eigenvalue weighted by atomic mass is 10.3. The summed E-state index contributed by atoms with van der Waals surface area (Å²) in [5.74, 6) is -2.57. The van der Waals surface area contributed by atoms with E-state index in [9.17, 15) is 18.4 Å². The highest BCUT2D eigenvalue weighted by Gasteiger charge is 2.28. The van der Waals surface area contributed by atoms with Crippen molar-refractivity contribution in [1.82, 2.24) is 4.90 Å². The van der Waals surface area contributed by atoms with Crippen molar-refractivity contribution in [2.24, 2.45) is 0 Å². The molecule has 4 nitrogen and oxygen atoms in total. The van der Waals surface area contributed by atoms with Gasteiger partial charge in [0.25, 0.3) is 0 Å². The number of hydrogen-bond acceptors (Lipinski definition) is 4. The number of carbonyl (C=O) groups excluding carboxylic acids is 2. The van der Waals surface area contributed by atoms with Gasteiger partial charge in [-0.05, 0) is 12.1 Å². The highest BCUT2D eigenvalue weighted by atomic mass is 32.2. The fourth-order valence-corrected chi connectivity index (χ4v) is 2.54. The molecule has 19 heavy (non-hydrogen) atoms. The molecule has 0 aliphatic carbocycles. The maximum Gasteiger partial charge on any atom is 0.244 e. The third-order valence-corrected chi connectivity index (χ3v) is 3.80. The summed E-state index contributed by atoms with van der Waals surface area (Å²) in [6.45, 7) is -0.349. The SMILES string of the molecule is O=C(CN1C(=O)CSC1=S)Nc1c(F)cccc1F. The summed E-state index contributed by atoms with van der Waals surface area (Å²) in [6.07, 6.45) is 0. The van der Waals surface area contributed by atoms with Crippen LogP contribution in [0.5, 0.6) is 0 Å². The smallest absolute Gasteiger partial charge is 0.244 e. The van der Waals surface area contributed by atoms with E-state index >= 15 is 0 Å². The fourth-order valence-electron chi connectivity index (χ4n) is 1.47. The van der Waals surface area contributed by atoms with Crippen molar-refractivity contribution in [2.45, 2.75) is 0 Å². The van der Waals surface area contributed by atoms with Crippen molar-refractivity contribution in [1.29, 1.82) is 0 Å². The number of thioether (sulfide) groups is 1. The number of thiocarbonyl (C=S) groups is 1. The van der Waals surface area contributed by atoms with E-state index in [1.165, 1.54) is 6.07 Å². The molecule has 0 atom stereocenters. The summed E-state index contributed by atoms with van der Waals surface area (Å²) in [5, 5.41) is 2.09. The molecule has 1 saturated heterocycles. The topological polar surface area (TPSA) is 49.4 Å². The zero-order valence-electron chi connectivity index (χ0n) is 9.48. The van der Waals surface area contributed by atoms with Crippen molar-refractivity contribution in [2.75, 3.05) is 17.6 Å². The first kappa shape index (κ1) is 13.9. The van der Waals surface area contributed by atoms with E-state index in [4.69, 9.17) is 12.2 Å². The second kappa shape index (κ2) is 5.62. The van der Waals surface area contributed by atoms with Gasteiger partial charge in [0.2, 0.25) is 11.8 Å². The number of halogens is 2. The summed E-state index contributed by atoms with van der Waals surface area (Å²) in [4.78, 5) is 24.2. The van der Waals surface area contributed by atoms with E-state index in [1.807, 2.05) is 0 Å². The van der Waals surface area contributed by atoms with Crippen molar-refractivity contribution < 1.29 is 18.4 Å². The fraction of sp³-hybridized carbons (Fsp3) is 0.182. The molecule has 100 valence electrons. The summed E-state index contributed by atoms with van der Waals surface area (Å²) in [6, 6.07) is 3.25. The normalized spacial score (nSPS) is 14.9. The van der Waals surface area contributed by atoms with Crippen LogP contribution in [0.2, 0.25) is 0 Å². The standard InChI is InChI=1S/C11H8F2N2O2S2/c12-6-2-1-3-7(13)10(6)14-8(16)4-15-9(17)5-19-11(15)18/h1-3H,4-5H2,(H,14,16). The van der Waals surface area contributed by atoms with E-state index in [0.29, 0.717) is 0 Å². The van der Waals surface area contributed by atoms with Gasteiger partial charge in [0.1, 0.15) is 28.2 Å². The maximum atomic E-state index is 13.3. The van der Waals surface area contributed by atoms with E-state index in [0.717, 1.165) is 28.8 Å². The van der Waals surface area contributed by atoms with Gasteiger partial charge in [-0.3, -0.25) is 14.5 Å². The molecular weight excluding hydrogens is 294 g/mol. The maximum absolute atomic E-state index is 13.3. The number of hydrogen-bond donors (Lipinski definition) is 1. The summed E-state index contributed by atoms with van der Waals surface area (Å²) >= 11 is 6.04. The first-order valence-electron chi connectivity index (χ1n) is 5.20. The molecule has 1 N–H and O–H groups in total. The van der Waals surface area contributed by atoms with Crippen LogP contribution in [-0.4, -0.2) is 33.3 Å². The zero-order valence-corrected chi connectivity index (χ0v) is 11.1. The Kier molecular flexibility index (Phi) is 4.11. The van der Waals surface area contributed by atoms with Crippen LogP contribution in [0.1, 0.15) is 0 Å². The molecule has 0 unspecified atom stereocenters. The van der Waals surface area contributed by atoms with Gasteiger partial charge in [-0.2, -0.15) is 0 Å². The molecule has 1 aromatic rings. The Morgan fingerprint density at radius 1 is 1.42 bits per heavy atom. The number of carbonyl (C=O) groups is 2. The van der Waals surface area contributed by atoms with Crippen LogP contribution in [0, 0.1) is 11.6 Å². The number of rotatable bonds is 3. The van der Waals surface area contributed by atoms with Gasteiger partial charge in [-0.1, -0.05) is 30.0 Å². The van der Waals surface area contributed by atoms with Crippen molar-refractivity contribution in [3.05, 3.63) is 29.8 Å². The average Bonchev–Trinajstić information content (AvgIpc) is 2.66. The Balaban J connectivity index is 2.06. The minimum Gasteiger partial charge on any atom is -0.320 e. The molecule has 0 bridgehead atoms. The minimum atomic E-state index is -0.877. The Bertz CT molecular complexity index is 529. The monoisotopic (exact) mass is 302 g/mol. The Labute approximate surface area is 117 Å². The number of para-hydroxylation sites is 1. The molecule has 2 amide bonds. The first-order chi connectivity index (χ1) is 8.99. The van der Waals surface area contributed by atoms with Crippen LogP contribution >= 0.6 is 24.0 Å². The van der Waals surface area contributed by atoms with E-state index in [1.54, 1.807) is 0 Å². The third-order valence-electron chi connectivity index (χ3n) is 2.37. The Morgan fingerprint density at radius 2 is 2.05 bits per heavy atom. The molecule has 1 aromatic carbocycles. The molecule has 8 heteroatoms. The van der Waals surface area contributed by atoms with Crippen molar-refractivity contribution in [3.8, 4) is 0 Å². The van der Waals surface area contributed by atoms with Crippen LogP contribution in [0.25, 0.3) is 0 Å². The quantitative estimate of drug-likeness (QED) is 0.865. The van der Waals surface area contributed by atoms with Crippen LogP contribution < -0.4 is 5.32 Å². The lowest BCUT2D eigenvalue weighted by Gasteiger charge is -2.14. The van der Waals surface area contributed by atoms with E-state index < -0.39 is 23.2 Å². The second-order valence-electron chi connectivity index (χ2n) is 3.68. The molecule has 0 saturated carbocycles. The van der Waals surface area contributed by atoms with Gasteiger partial charge < -0.3 is 5.32 Å². The largest absolute Gasteiger partial charge is 0.320 e. The molecule has 1 aliphatic heterocycles. The second-order valence-corrected chi connectivity index (χ2v) is 5.29. The van der Waals surface area contributed by atoms with Gasteiger partial charge in [0, 0.05) is 0 Å². The van der Waals surface area contributed by atoms with Crippen molar-refractivity contribution >= 4 is 45.8 Å². The predicted octanol–water partition coefficient (Wildman–Crippen LogP) is 1.76. The van der Waals surface area contributed by atoms with Crippen LogP contribution in [-0.2, 0) is 9.59 Å². The van der Waals surface area contributed by atoms with Crippen LogP contribution in [0.4, 0.5) is 14.5 Å². The summed E-state index contributed by atoms with van der Waals surface area (Å²) in [7, 11) is 0. The lowest BCUT2D eigenvalue weighted by Crippen LogP contribution is -2.36. The van der Waals surface area contributed by atoms with Crippen LogP contribution in [0.3, 0.4) is 0 Å². The van der Waals surface area contributed by atoms with Gasteiger partial charge in [-0.15, -0.1) is 0 Å². The number of benzene rings is 1. The highest BCUT2D eigenvalue weighted by Crippen LogP contribution is 2.20. The highest BCUT2D eigenvalue weighted by molar-refractivity contribution is 8.23. The minimum absolute atomic E-state index is 0.181. The molecular formula is C11H8F2N2O2S2. The average molecular weight is 302 g/mol. The number of anilines is 1. The molecule has 1 fully saturated rings. The van der Waals surface area contributed by atoms with Gasteiger partial charge >= 0.3 is 0 Å². The van der Waals surface area contributed by atoms with Gasteiger partial charge in [-0.25, -0.2) is 8.78 Å². The summed E-state index contributed by atoms with van der Waals surface area (Å²) < 4.78 is 26.9. The molecule has 0 aromatic heterocycles. The molecule has 0 spiro atoms. The number of nitrogens with one attached hydrogen (secondary N) is 1. The molecule has 0 radical (unpaired) electrons. The first-order valence-corrected chi connectivity index (χ1v) is 6.59. The molecule has 2 rings (SSSR count). The van der Waals surface area contributed by atoms with Crippen LogP contribution in [0.15, 0.2) is 18.2 Å².